The van der Waals surface area contributed by atoms with E-state index >= 15 is 0 Å². The molecule has 0 aliphatic heterocycles. The van der Waals surface area contributed by atoms with Crippen molar-refractivity contribution in [1.29, 1.82) is 0 Å². The van der Waals surface area contributed by atoms with Crippen LogP contribution in [0.3, 0.4) is 0 Å². The molecule has 40 heavy (non-hydrogen) atoms. The normalized spacial score (nSPS) is 13.2. The summed E-state index contributed by atoms with van der Waals surface area (Å²) in [6.07, 6.45) is 3.97. The van der Waals surface area contributed by atoms with Crippen LogP contribution in [0.25, 0.3) is 15.9 Å². The van der Waals surface area contributed by atoms with Gasteiger partial charge in [-0.2, -0.15) is 5.10 Å². The number of thiophene rings is 1. The van der Waals surface area contributed by atoms with E-state index in [4.69, 9.17) is 9.72 Å². The van der Waals surface area contributed by atoms with E-state index < -0.39 is 10.8 Å². The molecule has 0 fully saturated rings. The molecule has 12 heteroatoms. The van der Waals surface area contributed by atoms with Crippen LogP contribution in [0.4, 0.5) is 5.69 Å². The number of ether oxygens (including phenoxy) is 1. The molecule has 2 aromatic heterocycles. The molecule has 1 aliphatic carbocycles. The third-order valence-electron chi connectivity index (χ3n) is 6.52. The van der Waals surface area contributed by atoms with E-state index in [1.165, 1.54) is 17.0 Å². The Morgan fingerprint density at radius 3 is 2.75 bits per heavy atom. The first kappa shape index (κ1) is 27.5. The van der Waals surface area contributed by atoms with Crippen LogP contribution >= 0.6 is 23.1 Å². The van der Waals surface area contributed by atoms with Crippen LogP contribution in [0.15, 0.2) is 63.6 Å². The summed E-state index contributed by atoms with van der Waals surface area (Å²) in [7, 11) is 0. The third-order valence-corrected chi connectivity index (χ3v) is 8.64. The number of amides is 1. The van der Waals surface area contributed by atoms with E-state index in [9.17, 15) is 19.7 Å². The van der Waals surface area contributed by atoms with E-state index in [0.29, 0.717) is 44.7 Å². The summed E-state index contributed by atoms with van der Waals surface area (Å²) in [5, 5.41) is 16.2. The highest BCUT2D eigenvalue weighted by molar-refractivity contribution is 7.99. The minimum absolute atomic E-state index is 0.0359. The van der Waals surface area contributed by atoms with Crippen molar-refractivity contribution in [3.63, 3.8) is 0 Å². The van der Waals surface area contributed by atoms with Gasteiger partial charge in [0.1, 0.15) is 10.6 Å². The van der Waals surface area contributed by atoms with Gasteiger partial charge in [0, 0.05) is 22.6 Å². The van der Waals surface area contributed by atoms with Gasteiger partial charge >= 0.3 is 0 Å². The van der Waals surface area contributed by atoms with Crippen LogP contribution in [-0.2, 0) is 17.6 Å². The molecule has 10 nitrogen and oxygen atoms in total. The fourth-order valence-corrected chi connectivity index (χ4v) is 6.69. The molecule has 206 valence electrons. The largest absolute Gasteiger partial charge is 0.494 e. The number of hydrogen-bond donors (Lipinski definition) is 1. The van der Waals surface area contributed by atoms with Crippen molar-refractivity contribution in [3.8, 4) is 11.4 Å². The van der Waals surface area contributed by atoms with E-state index in [1.807, 2.05) is 31.2 Å². The van der Waals surface area contributed by atoms with Gasteiger partial charge in [-0.15, -0.1) is 11.3 Å². The number of carbonyl (C=O) groups excluding carboxylic acids is 1. The van der Waals surface area contributed by atoms with Crippen LogP contribution < -0.4 is 15.7 Å². The predicted molar refractivity (Wildman–Crippen MR) is 157 cm³/mol. The number of hydrogen-bond acceptors (Lipinski definition) is 9. The highest BCUT2D eigenvalue weighted by Gasteiger charge is 2.23. The summed E-state index contributed by atoms with van der Waals surface area (Å²) in [5.41, 5.74) is 5.00. The first-order chi connectivity index (χ1) is 19.4. The topological polar surface area (TPSA) is 129 Å². The number of nitro groups is 1. The summed E-state index contributed by atoms with van der Waals surface area (Å²) >= 11 is 2.71. The molecule has 1 amide bonds. The first-order valence-electron chi connectivity index (χ1n) is 12.9. The Morgan fingerprint density at radius 2 is 2.00 bits per heavy atom. The van der Waals surface area contributed by atoms with Crippen molar-refractivity contribution in [3.05, 3.63) is 85.0 Å². The number of nitro benzene ring substituents is 1. The number of carbonyl (C=O) groups is 1. The minimum atomic E-state index is -0.482. The number of thioether (sulfide) groups is 1. The van der Waals surface area contributed by atoms with Crippen molar-refractivity contribution in [2.75, 3.05) is 12.4 Å². The monoisotopic (exact) mass is 577 g/mol. The van der Waals surface area contributed by atoms with Crippen LogP contribution in [0.1, 0.15) is 42.7 Å². The Kier molecular flexibility index (Phi) is 8.27. The number of hydrazone groups is 1. The molecule has 4 aromatic rings. The Hall–Kier alpha value is -4.03. The van der Waals surface area contributed by atoms with Crippen LogP contribution in [0.2, 0.25) is 0 Å². The number of nitrogens with zero attached hydrogens (tertiary/aromatic N) is 4. The summed E-state index contributed by atoms with van der Waals surface area (Å²) in [6, 6.07) is 13.3. The maximum Gasteiger partial charge on any atom is 0.270 e. The Morgan fingerprint density at radius 1 is 1.23 bits per heavy atom. The second-order valence-electron chi connectivity index (χ2n) is 9.18. The maximum atomic E-state index is 13.9. The molecule has 2 heterocycles. The fourth-order valence-electron chi connectivity index (χ4n) is 4.59. The quantitative estimate of drug-likeness (QED) is 0.0944. The lowest BCUT2D eigenvalue weighted by atomic mass is 9.97. The van der Waals surface area contributed by atoms with E-state index in [2.05, 4.69) is 10.5 Å². The molecule has 0 unspecified atom stereocenters. The van der Waals surface area contributed by atoms with Crippen molar-refractivity contribution in [2.45, 2.75) is 44.7 Å². The lowest BCUT2D eigenvalue weighted by Gasteiger charge is -2.14. The second-order valence-corrected chi connectivity index (χ2v) is 11.2. The number of fused-ring (bicyclic) bond motifs is 3. The number of benzene rings is 2. The molecule has 1 N–H and O–H groups in total. The molecule has 2 aromatic carbocycles. The van der Waals surface area contributed by atoms with Crippen molar-refractivity contribution in [2.24, 2.45) is 5.10 Å². The van der Waals surface area contributed by atoms with Gasteiger partial charge in [0.15, 0.2) is 5.16 Å². The average molecular weight is 578 g/mol. The van der Waals surface area contributed by atoms with Gasteiger partial charge in [-0.05, 0) is 69.4 Å². The van der Waals surface area contributed by atoms with Gasteiger partial charge in [-0.25, -0.2) is 10.4 Å². The highest BCUT2D eigenvalue weighted by atomic mass is 32.2. The molecule has 0 saturated heterocycles. The van der Waals surface area contributed by atoms with Gasteiger partial charge in [-0.1, -0.05) is 23.9 Å². The lowest BCUT2D eigenvalue weighted by molar-refractivity contribution is -0.384. The lowest BCUT2D eigenvalue weighted by Crippen LogP contribution is -2.24. The van der Waals surface area contributed by atoms with E-state index in [1.54, 1.807) is 35.0 Å². The molecule has 0 atom stereocenters. The van der Waals surface area contributed by atoms with Gasteiger partial charge in [0.25, 0.3) is 17.2 Å². The third kappa shape index (κ3) is 5.77. The van der Waals surface area contributed by atoms with Crippen LogP contribution in [0, 0.1) is 10.1 Å². The highest BCUT2D eigenvalue weighted by Crippen LogP contribution is 2.35. The molecule has 0 spiro atoms. The molecular weight excluding hydrogens is 550 g/mol. The molecule has 0 saturated carbocycles. The Labute approximate surface area is 238 Å². The first-order valence-corrected chi connectivity index (χ1v) is 14.7. The zero-order valence-electron chi connectivity index (χ0n) is 22.0. The SMILES string of the molecule is CCOc1ccc(-n2c(SCC(=O)NN=C(C)c3cccc([N+](=O)[O-])c3)nc3sc4c(c3c2=O)CCCC4)cc1. The molecule has 1 aliphatic rings. The molecule has 0 bridgehead atoms. The van der Waals surface area contributed by atoms with E-state index in [-0.39, 0.29) is 17.0 Å². The maximum absolute atomic E-state index is 13.9. The van der Waals surface area contributed by atoms with Crippen molar-refractivity contribution >= 4 is 50.6 Å². The Balaban J connectivity index is 1.42. The number of non-ortho nitro benzene ring substituents is 1. The van der Waals surface area contributed by atoms with Gasteiger partial charge in [0.05, 0.1) is 34.1 Å². The number of rotatable bonds is 9. The minimum Gasteiger partial charge on any atom is -0.494 e. The zero-order chi connectivity index (χ0) is 28.2. The molecule has 0 radical (unpaired) electrons. The zero-order valence-corrected chi connectivity index (χ0v) is 23.6. The average Bonchev–Trinajstić information content (AvgIpc) is 3.34. The number of aryl methyl sites for hydroxylation is 2. The number of nitrogens with one attached hydrogen (secondary N) is 1. The van der Waals surface area contributed by atoms with Gasteiger partial charge in [-0.3, -0.25) is 24.3 Å². The molecular formula is C28H27N5O5S2. The van der Waals surface area contributed by atoms with Crippen molar-refractivity contribution in [1.82, 2.24) is 15.0 Å². The standard InChI is InChI=1S/C28H27N5O5S2/c1-3-38-21-13-11-19(12-14-21)32-27(35)25-22-9-4-5-10-23(22)40-26(25)29-28(32)39-16-24(34)31-30-17(2)18-7-6-8-20(15-18)33(36)37/h6-8,11-15H,3-5,9-10,16H2,1-2H3,(H,31,34). The Bertz CT molecular complexity index is 1680. The summed E-state index contributed by atoms with van der Waals surface area (Å²) in [4.78, 5) is 44.0. The van der Waals surface area contributed by atoms with Gasteiger partial charge < -0.3 is 4.74 Å². The van der Waals surface area contributed by atoms with Crippen molar-refractivity contribution < 1.29 is 14.5 Å². The second kappa shape index (κ2) is 12.0. The smallest absolute Gasteiger partial charge is 0.270 e. The predicted octanol–water partition coefficient (Wildman–Crippen LogP) is 5.27. The summed E-state index contributed by atoms with van der Waals surface area (Å²) in [6.45, 7) is 4.10. The van der Waals surface area contributed by atoms with Crippen LogP contribution in [-0.4, -0.2) is 38.5 Å². The number of aromatic nitrogens is 2. The summed E-state index contributed by atoms with van der Waals surface area (Å²) in [5.74, 6) is 0.269. The molecule has 5 rings (SSSR count). The van der Waals surface area contributed by atoms with E-state index in [0.717, 1.165) is 43.0 Å². The van der Waals surface area contributed by atoms with Crippen LogP contribution in [0.5, 0.6) is 5.75 Å². The summed E-state index contributed by atoms with van der Waals surface area (Å²) < 4.78 is 7.12. The fraction of sp³-hybridized carbons (Fsp3) is 0.286. The van der Waals surface area contributed by atoms with Gasteiger partial charge in [0.2, 0.25) is 0 Å².